The summed E-state index contributed by atoms with van der Waals surface area (Å²) in [5, 5.41) is 17.0. The number of carbonyl (C=O) groups excluding carboxylic acids is 2. The largest absolute Gasteiger partial charge is 0.490 e. The number of aliphatic hydroxyl groups is 1. The molecule has 4 rings (SSSR count). The van der Waals surface area contributed by atoms with Gasteiger partial charge in [0.15, 0.2) is 0 Å². The molecule has 0 fully saturated rings. The Morgan fingerprint density at radius 1 is 1.10 bits per heavy atom. The Hall–Kier alpha value is -3.70. The quantitative estimate of drug-likeness (QED) is 0.239. The number of likely N-dealkylation sites (N-methyl/N-ethyl adjacent to an activating group) is 1. The Morgan fingerprint density at radius 3 is 2.42 bits per heavy atom. The summed E-state index contributed by atoms with van der Waals surface area (Å²) >= 11 is 1.12. The van der Waals surface area contributed by atoms with Crippen LogP contribution in [0.25, 0.3) is 0 Å². The summed E-state index contributed by atoms with van der Waals surface area (Å²) in [5.41, 5.74) is -0.398. The zero-order valence-electron chi connectivity index (χ0n) is 28.3. The number of urea groups is 1. The van der Waals surface area contributed by atoms with Crippen molar-refractivity contribution in [3.8, 4) is 5.75 Å². The van der Waals surface area contributed by atoms with Gasteiger partial charge < -0.3 is 30.1 Å². The van der Waals surface area contributed by atoms with E-state index in [0.29, 0.717) is 19.4 Å². The van der Waals surface area contributed by atoms with Gasteiger partial charge in [0, 0.05) is 44.0 Å². The van der Waals surface area contributed by atoms with Crippen LogP contribution in [-0.2, 0) is 20.9 Å². The van der Waals surface area contributed by atoms with Crippen LogP contribution in [0.2, 0.25) is 0 Å². The van der Waals surface area contributed by atoms with Gasteiger partial charge in [0.05, 0.1) is 36.0 Å². The number of sulfonamides is 1. The fraction of sp³-hybridized carbons (Fsp3) is 0.471. The van der Waals surface area contributed by atoms with E-state index in [1.807, 2.05) is 13.8 Å². The van der Waals surface area contributed by atoms with Crippen LogP contribution in [-0.4, -0.2) is 86.3 Å². The normalized spacial score (nSPS) is 20.4. The minimum absolute atomic E-state index is 0.0369. The highest BCUT2D eigenvalue weighted by atomic mass is 32.2. The first kappa shape index (κ1) is 39.1. The van der Waals surface area contributed by atoms with E-state index in [1.165, 1.54) is 22.3 Å². The van der Waals surface area contributed by atoms with E-state index in [2.05, 4.69) is 10.6 Å². The maximum absolute atomic E-state index is 14.3. The number of ether oxygens (including phenoxy) is 2. The molecule has 4 atom stereocenters. The predicted octanol–water partition coefficient (Wildman–Crippen LogP) is 6.53. The number of alkyl halides is 3. The number of nitrogens with one attached hydrogen (secondary N) is 2. The Morgan fingerprint density at radius 2 is 1.78 bits per heavy atom. The van der Waals surface area contributed by atoms with Crippen LogP contribution in [0.4, 0.5) is 29.3 Å². The standard InChI is InChI=1S/C34H43F3N4O7S2/c1-22-19-41(23(2)21-42)32(43)28-18-27(39-33(44)38-26-12-10-25(11-13-26)34(35,36)37)14-15-29(28)48-24(3)8-5-6-16-47-30(22)20-40(4)50(45,46)31-9-7-17-49-31/h7,9-15,17-18,22-24,30,42H,5-6,8,16,19-21H2,1-4H3,(H2,38,39,44)/t22-,23-,24+,30-/m0/s1. The smallest absolute Gasteiger partial charge is 0.416 e. The van der Waals surface area contributed by atoms with Crippen LogP contribution >= 0.6 is 11.3 Å². The molecule has 0 aliphatic carbocycles. The van der Waals surface area contributed by atoms with E-state index in [-0.39, 0.29) is 58.6 Å². The highest BCUT2D eigenvalue weighted by Gasteiger charge is 2.33. The predicted molar refractivity (Wildman–Crippen MR) is 185 cm³/mol. The van der Waals surface area contributed by atoms with Crippen molar-refractivity contribution in [2.24, 2.45) is 5.92 Å². The molecule has 0 unspecified atom stereocenters. The van der Waals surface area contributed by atoms with Gasteiger partial charge in [0.25, 0.3) is 15.9 Å². The van der Waals surface area contributed by atoms with E-state index in [9.17, 15) is 36.3 Å². The lowest BCUT2D eigenvalue weighted by Gasteiger charge is -2.35. The monoisotopic (exact) mass is 740 g/mol. The molecule has 2 aromatic carbocycles. The van der Waals surface area contributed by atoms with Gasteiger partial charge in [-0.2, -0.15) is 17.5 Å². The van der Waals surface area contributed by atoms with Crippen molar-refractivity contribution in [1.29, 1.82) is 0 Å². The van der Waals surface area contributed by atoms with Crippen molar-refractivity contribution in [2.45, 2.75) is 68.7 Å². The fourth-order valence-electron chi connectivity index (χ4n) is 5.41. The second kappa shape index (κ2) is 17.0. The van der Waals surface area contributed by atoms with Gasteiger partial charge in [-0.3, -0.25) is 4.79 Å². The first-order valence-corrected chi connectivity index (χ1v) is 18.5. The minimum Gasteiger partial charge on any atom is -0.490 e. The molecule has 11 nitrogen and oxygen atoms in total. The number of hydrogen-bond acceptors (Lipinski definition) is 8. The van der Waals surface area contributed by atoms with Crippen molar-refractivity contribution in [3.63, 3.8) is 0 Å². The lowest BCUT2D eigenvalue weighted by molar-refractivity contribution is -0.137. The molecule has 0 saturated heterocycles. The third kappa shape index (κ3) is 10.2. The van der Waals surface area contributed by atoms with E-state index in [4.69, 9.17) is 9.47 Å². The van der Waals surface area contributed by atoms with E-state index in [1.54, 1.807) is 36.6 Å². The molecule has 3 amide bonds. The van der Waals surface area contributed by atoms with E-state index in [0.717, 1.165) is 42.0 Å². The number of rotatable bonds is 8. The van der Waals surface area contributed by atoms with Crippen molar-refractivity contribution in [3.05, 3.63) is 71.1 Å². The summed E-state index contributed by atoms with van der Waals surface area (Å²) in [6, 6.07) is 10.3. The van der Waals surface area contributed by atoms with Crippen LogP contribution in [0.5, 0.6) is 5.75 Å². The molecule has 16 heteroatoms. The number of thiophene rings is 1. The van der Waals surface area contributed by atoms with Gasteiger partial charge in [-0.25, -0.2) is 13.2 Å². The molecule has 2 heterocycles. The molecule has 0 spiro atoms. The average Bonchev–Trinajstić information content (AvgIpc) is 3.62. The van der Waals surface area contributed by atoms with Crippen molar-refractivity contribution in [1.82, 2.24) is 9.21 Å². The molecule has 0 saturated carbocycles. The number of anilines is 2. The maximum Gasteiger partial charge on any atom is 0.416 e. The Labute approximate surface area is 294 Å². The number of amides is 3. The molecular formula is C34H43F3N4O7S2. The Bertz CT molecular complexity index is 1690. The van der Waals surface area contributed by atoms with Crippen LogP contribution in [0, 0.1) is 5.92 Å². The molecule has 0 bridgehead atoms. The number of aliphatic hydroxyl groups excluding tert-OH is 1. The van der Waals surface area contributed by atoms with Crippen LogP contribution in [0.15, 0.2) is 64.2 Å². The van der Waals surface area contributed by atoms with Crippen LogP contribution in [0.1, 0.15) is 56.0 Å². The summed E-state index contributed by atoms with van der Waals surface area (Å²) in [5.74, 6) is -0.607. The van der Waals surface area contributed by atoms with Crippen LogP contribution in [0.3, 0.4) is 0 Å². The molecule has 0 radical (unpaired) electrons. The second-order valence-corrected chi connectivity index (χ2v) is 15.6. The number of nitrogens with zero attached hydrogens (tertiary/aromatic N) is 2. The molecule has 274 valence electrons. The third-order valence-electron chi connectivity index (χ3n) is 8.38. The summed E-state index contributed by atoms with van der Waals surface area (Å²) in [7, 11) is -2.27. The number of carbonyl (C=O) groups is 2. The second-order valence-electron chi connectivity index (χ2n) is 12.4. The van der Waals surface area contributed by atoms with Gasteiger partial charge in [-0.15, -0.1) is 11.3 Å². The van der Waals surface area contributed by atoms with Crippen molar-refractivity contribution in [2.75, 3.05) is 44.0 Å². The fourth-order valence-corrected chi connectivity index (χ4v) is 7.80. The van der Waals surface area contributed by atoms with E-state index < -0.39 is 45.8 Å². The topological polar surface area (TPSA) is 138 Å². The SMILES string of the molecule is C[C@@H]1CCCCO[C@@H](CN(C)S(=O)(=O)c2cccs2)[C@@H](C)CN([C@@H](C)CO)C(=O)c2cc(NC(=O)Nc3ccc(C(F)(F)F)cc3)ccc2O1. The number of fused-ring (bicyclic) bond motifs is 1. The molecule has 1 aliphatic heterocycles. The average molecular weight is 741 g/mol. The molecule has 3 N–H and O–H groups in total. The van der Waals surface area contributed by atoms with Gasteiger partial charge in [0.1, 0.15) is 9.96 Å². The number of benzene rings is 2. The first-order chi connectivity index (χ1) is 23.6. The summed E-state index contributed by atoms with van der Waals surface area (Å²) < 4.78 is 79.2. The molecular weight excluding hydrogens is 698 g/mol. The highest BCUT2D eigenvalue weighted by molar-refractivity contribution is 7.91. The number of halogens is 3. The van der Waals surface area contributed by atoms with Gasteiger partial charge in [-0.1, -0.05) is 13.0 Å². The molecule has 1 aliphatic rings. The van der Waals surface area contributed by atoms with E-state index >= 15 is 0 Å². The Kier molecular flexibility index (Phi) is 13.3. The summed E-state index contributed by atoms with van der Waals surface area (Å²) in [4.78, 5) is 28.6. The summed E-state index contributed by atoms with van der Waals surface area (Å²) in [6.07, 6.45) is -3.34. The lowest BCUT2D eigenvalue weighted by atomic mass is 10.0. The molecule has 50 heavy (non-hydrogen) atoms. The highest BCUT2D eigenvalue weighted by Crippen LogP contribution is 2.31. The lowest BCUT2D eigenvalue weighted by Crippen LogP contribution is -2.48. The van der Waals surface area contributed by atoms with Crippen LogP contribution < -0.4 is 15.4 Å². The minimum atomic E-state index is -4.52. The zero-order chi connectivity index (χ0) is 36.6. The molecule has 1 aromatic heterocycles. The zero-order valence-corrected chi connectivity index (χ0v) is 29.9. The molecule has 3 aromatic rings. The number of hydrogen-bond donors (Lipinski definition) is 3. The first-order valence-electron chi connectivity index (χ1n) is 16.2. The third-order valence-corrected chi connectivity index (χ3v) is 11.6. The summed E-state index contributed by atoms with van der Waals surface area (Å²) in [6.45, 7) is 5.55. The maximum atomic E-state index is 14.3. The van der Waals surface area contributed by atoms with Gasteiger partial charge >= 0.3 is 12.2 Å². The van der Waals surface area contributed by atoms with Gasteiger partial charge in [-0.05, 0) is 87.0 Å². The van der Waals surface area contributed by atoms with Gasteiger partial charge in [0.2, 0.25) is 0 Å². The van der Waals surface area contributed by atoms with Crippen molar-refractivity contribution >= 4 is 44.7 Å². The Balaban J connectivity index is 1.60. The van der Waals surface area contributed by atoms with Crippen molar-refractivity contribution < 1.29 is 45.8 Å².